The van der Waals surface area contributed by atoms with E-state index in [0.717, 1.165) is 0 Å². The summed E-state index contributed by atoms with van der Waals surface area (Å²) in [7, 11) is 0. The molecule has 8 heavy (non-hydrogen) atoms. The van der Waals surface area contributed by atoms with Gasteiger partial charge in [-0.3, -0.25) is 0 Å². The van der Waals surface area contributed by atoms with Crippen molar-refractivity contribution in [3.8, 4) is 0 Å². The second kappa shape index (κ2) is 4.14. The van der Waals surface area contributed by atoms with Crippen LogP contribution >= 0.6 is 31.9 Å². The van der Waals surface area contributed by atoms with Crippen molar-refractivity contribution in [3.63, 3.8) is 0 Å². The Labute approximate surface area is 64.2 Å². The molecule has 0 aliphatic heterocycles. The molecule has 1 atom stereocenters. The van der Waals surface area contributed by atoms with Gasteiger partial charge in [-0.2, -0.15) is 0 Å². The molecule has 0 rings (SSSR count). The summed E-state index contributed by atoms with van der Waals surface area (Å²) in [4.78, 5) is -0.0764. The topological polar surface area (TPSA) is 58.6 Å². The number of nitrogens with two attached hydrogens (primary N) is 1. The van der Waals surface area contributed by atoms with E-state index in [0.29, 0.717) is 5.33 Å². The van der Waals surface area contributed by atoms with Crippen LogP contribution in [0.3, 0.4) is 0 Å². The monoisotopic (exact) mass is 244 g/mol. The van der Waals surface area contributed by atoms with Crippen LogP contribution in [0.5, 0.6) is 0 Å². The highest BCUT2D eigenvalue weighted by molar-refractivity contribution is 9.12. The van der Waals surface area contributed by atoms with Gasteiger partial charge in [0.25, 0.3) is 0 Å². The lowest BCUT2D eigenvalue weighted by Crippen LogP contribution is -2.24. The smallest absolute Gasteiger partial charge is 0.153 e. The van der Waals surface area contributed by atoms with Gasteiger partial charge in [0.2, 0.25) is 0 Å². The van der Waals surface area contributed by atoms with Crippen LogP contribution in [0, 0.1) is 0 Å². The Morgan fingerprint density at radius 2 is 2.38 bits per heavy atom. The third-order valence-electron chi connectivity index (χ3n) is 0.572. The quantitative estimate of drug-likeness (QED) is 0.250. The summed E-state index contributed by atoms with van der Waals surface area (Å²) < 4.78 is 0. The normalized spacial score (nSPS) is 16.0. The van der Waals surface area contributed by atoms with E-state index in [-0.39, 0.29) is 10.7 Å². The summed E-state index contributed by atoms with van der Waals surface area (Å²) in [6.45, 7) is 0. The van der Waals surface area contributed by atoms with E-state index in [1.807, 2.05) is 0 Å². The lowest BCUT2D eigenvalue weighted by Gasteiger charge is -1.99. The molecule has 1 unspecified atom stereocenters. The van der Waals surface area contributed by atoms with E-state index in [2.05, 4.69) is 37.0 Å². The average molecular weight is 246 g/mol. The van der Waals surface area contributed by atoms with Crippen LogP contribution in [0.4, 0.5) is 0 Å². The van der Waals surface area contributed by atoms with Crippen molar-refractivity contribution in [1.29, 1.82) is 0 Å². The predicted molar refractivity (Wildman–Crippen MR) is 39.9 cm³/mol. The Morgan fingerprint density at radius 3 is 2.50 bits per heavy atom. The Hall–Kier alpha value is 0.230. The number of oxime groups is 1. The highest BCUT2D eigenvalue weighted by Crippen LogP contribution is 2.02. The van der Waals surface area contributed by atoms with Crippen molar-refractivity contribution in [2.45, 2.75) is 4.83 Å². The third kappa shape index (κ3) is 2.52. The van der Waals surface area contributed by atoms with Crippen molar-refractivity contribution in [2.75, 3.05) is 5.33 Å². The molecule has 0 aromatic carbocycles. The highest BCUT2D eigenvalue weighted by atomic mass is 79.9. The van der Waals surface area contributed by atoms with Gasteiger partial charge in [-0.25, -0.2) is 0 Å². The SMILES string of the molecule is NC(=NO)C(Br)CBr. The Bertz CT molecular complexity index is 95.3. The molecule has 0 aromatic rings. The lowest BCUT2D eigenvalue weighted by molar-refractivity contribution is 0.317. The van der Waals surface area contributed by atoms with E-state index in [9.17, 15) is 0 Å². The number of rotatable bonds is 2. The molecule has 5 heteroatoms. The maximum atomic E-state index is 8.05. The number of hydrogen-bond acceptors (Lipinski definition) is 2. The van der Waals surface area contributed by atoms with Crippen LogP contribution in [0.25, 0.3) is 0 Å². The van der Waals surface area contributed by atoms with E-state index in [4.69, 9.17) is 10.9 Å². The van der Waals surface area contributed by atoms with Gasteiger partial charge in [0.15, 0.2) is 5.84 Å². The van der Waals surface area contributed by atoms with Crippen molar-refractivity contribution in [1.82, 2.24) is 0 Å². The van der Waals surface area contributed by atoms with E-state index < -0.39 is 0 Å². The standard InChI is InChI=1S/C3H6Br2N2O/c4-1-2(5)3(6)7-8/h2,8H,1H2,(H2,6,7). The first kappa shape index (κ1) is 8.23. The van der Waals surface area contributed by atoms with Crippen molar-refractivity contribution < 1.29 is 5.21 Å². The second-order valence-electron chi connectivity index (χ2n) is 1.15. The lowest BCUT2D eigenvalue weighted by atomic mass is 10.5. The minimum absolute atomic E-state index is 0.0764. The van der Waals surface area contributed by atoms with Crippen molar-refractivity contribution in [3.05, 3.63) is 0 Å². The summed E-state index contributed by atoms with van der Waals surface area (Å²) in [6.07, 6.45) is 0. The van der Waals surface area contributed by atoms with Gasteiger partial charge in [0, 0.05) is 5.33 Å². The van der Waals surface area contributed by atoms with Crippen molar-refractivity contribution >= 4 is 37.7 Å². The number of halogens is 2. The van der Waals surface area contributed by atoms with Crippen LogP contribution in [-0.4, -0.2) is 21.2 Å². The van der Waals surface area contributed by atoms with Gasteiger partial charge in [0.1, 0.15) is 0 Å². The first-order valence-corrected chi connectivity index (χ1v) is 3.93. The van der Waals surface area contributed by atoms with Gasteiger partial charge < -0.3 is 10.9 Å². The van der Waals surface area contributed by atoms with Crippen molar-refractivity contribution in [2.24, 2.45) is 10.9 Å². The molecular formula is C3H6Br2N2O. The van der Waals surface area contributed by atoms with Crippen LogP contribution in [0.15, 0.2) is 5.16 Å². The third-order valence-corrected chi connectivity index (χ3v) is 2.88. The maximum Gasteiger partial charge on any atom is 0.153 e. The highest BCUT2D eigenvalue weighted by Gasteiger charge is 2.05. The van der Waals surface area contributed by atoms with Crippen LogP contribution in [0.1, 0.15) is 0 Å². The molecule has 3 nitrogen and oxygen atoms in total. The average Bonchev–Trinajstić information content (AvgIpc) is 1.84. The van der Waals surface area contributed by atoms with Crippen LogP contribution < -0.4 is 5.73 Å². The molecule has 48 valence electrons. The number of alkyl halides is 2. The zero-order valence-corrected chi connectivity index (χ0v) is 7.18. The second-order valence-corrected chi connectivity index (χ2v) is 2.90. The minimum Gasteiger partial charge on any atom is -0.409 e. The number of nitrogens with zero attached hydrogens (tertiary/aromatic N) is 1. The molecular weight excluding hydrogens is 240 g/mol. The molecule has 0 aliphatic rings. The van der Waals surface area contributed by atoms with Gasteiger partial charge in [-0.15, -0.1) is 0 Å². The number of hydrogen-bond donors (Lipinski definition) is 2. The van der Waals surface area contributed by atoms with Gasteiger partial charge in [-0.05, 0) is 0 Å². The molecule has 0 amide bonds. The summed E-state index contributed by atoms with van der Waals surface area (Å²) in [5, 5.41) is 11.5. The summed E-state index contributed by atoms with van der Waals surface area (Å²) >= 11 is 6.28. The molecule has 3 N–H and O–H groups in total. The van der Waals surface area contributed by atoms with Crippen LogP contribution in [-0.2, 0) is 0 Å². The van der Waals surface area contributed by atoms with E-state index >= 15 is 0 Å². The Kier molecular flexibility index (Phi) is 4.26. The molecule has 0 fully saturated rings. The van der Waals surface area contributed by atoms with Crippen LogP contribution in [0.2, 0.25) is 0 Å². The summed E-state index contributed by atoms with van der Waals surface area (Å²) in [6, 6.07) is 0. The van der Waals surface area contributed by atoms with Gasteiger partial charge in [0.05, 0.1) is 4.83 Å². The molecule has 0 aliphatic carbocycles. The fourth-order valence-electron chi connectivity index (χ4n) is 0.142. The molecule has 0 aromatic heterocycles. The molecule has 0 bridgehead atoms. The molecule has 0 radical (unpaired) electrons. The first-order valence-electron chi connectivity index (χ1n) is 1.89. The fourth-order valence-corrected chi connectivity index (χ4v) is 0.565. The van der Waals surface area contributed by atoms with E-state index in [1.165, 1.54) is 0 Å². The molecule has 0 saturated heterocycles. The predicted octanol–water partition coefficient (Wildman–Crippen LogP) is 0.891. The summed E-state index contributed by atoms with van der Waals surface area (Å²) in [5.74, 6) is 0.182. The zero-order valence-electron chi connectivity index (χ0n) is 4.01. The number of amidine groups is 1. The van der Waals surface area contributed by atoms with Gasteiger partial charge in [-0.1, -0.05) is 37.0 Å². The fraction of sp³-hybridized carbons (Fsp3) is 0.667. The molecule has 0 saturated carbocycles. The largest absolute Gasteiger partial charge is 0.409 e. The Balaban J connectivity index is 3.63. The minimum atomic E-state index is -0.0764. The zero-order chi connectivity index (χ0) is 6.57. The van der Waals surface area contributed by atoms with Gasteiger partial charge >= 0.3 is 0 Å². The molecule has 0 heterocycles. The van der Waals surface area contributed by atoms with E-state index in [1.54, 1.807) is 0 Å². The maximum absolute atomic E-state index is 8.05. The first-order chi connectivity index (χ1) is 3.72. The molecule has 0 spiro atoms. The summed E-state index contributed by atoms with van der Waals surface area (Å²) in [5.41, 5.74) is 5.15. The Morgan fingerprint density at radius 1 is 1.88 bits per heavy atom.